The molecule has 0 amide bonds. The van der Waals surface area contributed by atoms with E-state index in [0.717, 1.165) is 0 Å². The highest BCUT2D eigenvalue weighted by Gasteiger charge is 2.34. The molecule has 1 aromatic heterocycles. The topological polar surface area (TPSA) is 87.5 Å². The van der Waals surface area contributed by atoms with Gasteiger partial charge in [-0.25, -0.2) is 17.7 Å². The summed E-state index contributed by atoms with van der Waals surface area (Å²) in [6.45, 7) is 8.92. The Morgan fingerprint density at radius 2 is 1.91 bits per heavy atom. The molecule has 134 valence electrons. The molecule has 1 aromatic rings. The number of sulfone groups is 1. The first-order valence-corrected chi connectivity index (χ1v) is 11.2. The first kappa shape index (κ1) is 20.5. The smallest absolute Gasteiger partial charge is 0.380 e. The minimum absolute atomic E-state index is 0.106. The van der Waals surface area contributed by atoms with Gasteiger partial charge in [0.25, 0.3) is 5.88 Å². The Labute approximate surface area is 142 Å². The monoisotopic (exact) mass is 386 g/mol. The summed E-state index contributed by atoms with van der Waals surface area (Å²) in [5, 5.41) is 3.17. The van der Waals surface area contributed by atoms with E-state index in [2.05, 4.69) is 5.10 Å². The molecule has 0 bridgehead atoms. The molecule has 0 saturated heterocycles. The van der Waals surface area contributed by atoms with Gasteiger partial charge in [0.2, 0.25) is 0 Å². The summed E-state index contributed by atoms with van der Waals surface area (Å²) in [6, 6.07) is 0. The maximum Gasteiger partial charge on any atom is 0.380 e. The average molecular weight is 387 g/mol. The highest BCUT2D eigenvalue weighted by Crippen LogP contribution is 2.49. The molecule has 0 spiro atoms. The lowest BCUT2D eigenvalue weighted by Crippen LogP contribution is -2.19. The van der Waals surface area contributed by atoms with Gasteiger partial charge in [0, 0.05) is 6.54 Å². The number of nitrogens with zero attached hydrogens (tertiary/aromatic N) is 2. The first-order chi connectivity index (χ1) is 10.6. The molecule has 0 N–H and O–H groups in total. The van der Waals surface area contributed by atoms with E-state index in [9.17, 15) is 13.0 Å². The van der Waals surface area contributed by atoms with Crippen molar-refractivity contribution in [3.8, 4) is 5.88 Å². The summed E-state index contributed by atoms with van der Waals surface area (Å²) in [7, 11) is -7.06. The second kappa shape index (κ2) is 8.01. The number of aromatic nitrogens is 2. The zero-order valence-corrected chi connectivity index (χ0v) is 16.5. The Bertz CT molecular complexity index is 687. The van der Waals surface area contributed by atoms with Gasteiger partial charge >= 0.3 is 7.60 Å². The van der Waals surface area contributed by atoms with Crippen molar-refractivity contribution < 1.29 is 22.0 Å². The van der Waals surface area contributed by atoms with Gasteiger partial charge in [-0.1, -0.05) is 25.4 Å². The number of rotatable bonds is 9. The summed E-state index contributed by atoms with van der Waals surface area (Å²) in [5.41, 5.74) is 0. The molecule has 7 nitrogen and oxygen atoms in total. The van der Waals surface area contributed by atoms with E-state index in [1.165, 1.54) is 4.68 Å². The number of aryl methyl sites for hydroxylation is 1. The lowest BCUT2D eigenvalue weighted by atomic mass is 10.5. The maximum atomic E-state index is 12.5. The van der Waals surface area contributed by atoms with E-state index in [1.807, 2.05) is 6.92 Å². The molecule has 0 aliphatic rings. The quantitative estimate of drug-likeness (QED) is 0.600. The molecule has 0 saturated carbocycles. The predicted octanol–water partition coefficient (Wildman–Crippen LogP) is 3.76. The molecule has 1 unspecified atom stereocenters. The molecule has 0 aliphatic heterocycles. The Morgan fingerprint density at radius 3 is 2.35 bits per heavy atom. The summed E-state index contributed by atoms with van der Waals surface area (Å²) in [5.74, 6) is -0.169. The standard InChI is InChI=1S/C13H24ClN2O5PS/c1-6-9-16-13(23(18,19)10(4)5)11(14)12(15-16)21-22(17,8-3)20-7-2/h10H,6-9H2,1-5H3. The van der Waals surface area contributed by atoms with Crippen LogP contribution in [0.5, 0.6) is 5.88 Å². The van der Waals surface area contributed by atoms with Crippen molar-refractivity contribution in [1.29, 1.82) is 0 Å². The number of hydrogen-bond acceptors (Lipinski definition) is 6. The highest BCUT2D eigenvalue weighted by atomic mass is 35.5. The third-order valence-corrected chi connectivity index (χ3v) is 7.61. The second-order valence-corrected chi connectivity index (χ2v) is 10.3. The first-order valence-electron chi connectivity index (χ1n) is 7.56. The fraction of sp³-hybridized carbons (Fsp3) is 0.769. The van der Waals surface area contributed by atoms with E-state index in [1.54, 1.807) is 27.7 Å². The van der Waals surface area contributed by atoms with Gasteiger partial charge in [-0.15, -0.1) is 5.10 Å². The Hall–Kier alpha value is -0.560. The van der Waals surface area contributed by atoms with Crippen LogP contribution < -0.4 is 4.52 Å². The maximum absolute atomic E-state index is 12.5. The van der Waals surface area contributed by atoms with Crippen molar-refractivity contribution in [2.24, 2.45) is 0 Å². The zero-order chi connectivity index (χ0) is 17.8. The van der Waals surface area contributed by atoms with Crippen LogP contribution in [0.1, 0.15) is 41.0 Å². The molecule has 1 atom stereocenters. The lowest BCUT2D eigenvalue weighted by Gasteiger charge is -2.15. The van der Waals surface area contributed by atoms with Gasteiger partial charge < -0.3 is 9.05 Å². The van der Waals surface area contributed by atoms with Crippen molar-refractivity contribution in [2.75, 3.05) is 12.8 Å². The predicted molar refractivity (Wildman–Crippen MR) is 90.3 cm³/mol. The van der Waals surface area contributed by atoms with Gasteiger partial charge in [0.05, 0.1) is 18.0 Å². The Morgan fingerprint density at radius 1 is 1.30 bits per heavy atom. The summed E-state index contributed by atoms with van der Waals surface area (Å²) in [4.78, 5) is 0. The van der Waals surface area contributed by atoms with Crippen molar-refractivity contribution in [2.45, 2.75) is 57.9 Å². The lowest BCUT2D eigenvalue weighted by molar-refractivity contribution is 0.277. The van der Waals surface area contributed by atoms with Gasteiger partial charge in [0.15, 0.2) is 14.9 Å². The van der Waals surface area contributed by atoms with E-state index in [-0.39, 0.29) is 28.7 Å². The van der Waals surface area contributed by atoms with Gasteiger partial charge in [-0.2, -0.15) is 0 Å². The molecular weight excluding hydrogens is 363 g/mol. The van der Waals surface area contributed by atoms with E-state index < -0.39 is 22.7 Å². The van der Waals surface area contributed by atoms with E-state index in [0.29, 0.717) is 13.0 Å². The van der Waals surface area contributed by atoms with E-state index in [4.69, 9.17) is 20.6 Å². The third kappa shape index (κ3) is 4.50. The molecule has 1 rings (SSSR count). The van der Waals surface area contributed by atoms with Crippen molar-refractivity contribution in [1.82, 2.24) is 9.78 Å². The summed E-state index contributed by atoms with van der Waals surface area (Å²) < 4.78 is 49.3. The van der Waals surface area contributed by atoms with Crippen LogP contribution in [-0.4, -0.2) is 36.2 Å². The molecular formula is C13H24ClN2O5PS. The van der Waals surface area contributed by atoms with Crippen LogP contribution in [0.3, 0.4) is 0 Å². The van der Waals surface area contributed by atoms with Crippen LogP contribution in [0.2, 0.25) is 5.02 Å². The van der Waals surface area contributed by atoms with Crippen LogP contribution in [-0.2, 0) is 25.5 Å². The number of hydrogen-bond donors (Lipinski definition) is 0. The highest BCUT2D eigenvalue weighted by molar-refractivity contribution is 7.92. The average Bonchev–Trinajstić information content (AvgIpc) is 2.76. The SMILES string of the molecule is CCCn1nc(OP(=O)(CC)OCC)c(Cl)c1S(=O)(=O)C(C)C. The van der Waals surface area contributed by atoms with Crippen LogP contribution in [0, 0.1) is 0 Å². The second-order valence-electron chi connectivity index (χ2n) is 5.18. The Balaban J connectivity index is 3.41. The van der Waals surface area contributed by atoms with Gasteiger partial charge in [-0.05, 0) is 27.2 Å². The van der Waals surface area contributed by atoms with Crippen molar-refractivity contribution in [3.63, 3.8) is 0 Å². The summed E-state index contributed by atoms with van der Waals surface area (Å²) >= 11 is 6.19. The molecule has 0 radical (unpaired) electrons. The van der Waals surface area contributed by atoms with Crippen molar-refractivity contribution >= 4 is 29.0 Å². The van der Waals surface area contributed by atoms with Crippen LogP contribution in [0.25, 0.3) is 0 Å². The van der Waals surface area contributed by atoms with Gasteiger partial charge in [-0.3, -0.25) is 0 Å². The number of halogens is 1. The molecule has 0 aromatic carbocycles. The normalized spacial score (nSPS) is 14.9. The van der Waals surface area contributed by atoms with Crippen LogP contribution >= 0.6 is 19.2 Å². The molecule has 23 heavy (non-hydrogen) atoms. The Kier molecular flexibility index (Phi) is 7.13. The fourth-order valence-corrected chi connectivity index (χ4v) is 4.74. The largest absolute Gasteiger partial charge is 0.403 e. The fourth-order valence-electron chi connectivity index (χ4n) is 1.83. The summed E-state index contributed by atoms with van der Waals surface area (Å²) in [6.07, 6.45) is 0.791. The minimum atomic E-state index is -3.66. The van der Waals surface area contributed by atoms with E-state index >= 15 is 0 Å². The van der Waals surface area contributed by atoms with Crippen molar-refractivity contribution in [3.05, 3.63) is 5.02 Å². The van der Waals surface area contributed by atoms with Crippen LogP contribution in [0.4, 0.5) is 0 Å². The molecule has 0 aliphatic carbocycles. The zero-order valence-electron chi connectivity index (χ0n) is 14.1. The van der Waals surface area contributed by atoms with Crippen LogP contribution in [0.15, 0.2) is 5.03 Å². The van der Waals surface area contributed by atoms with Gasteiger partial charge in [0.1, 0.15) is 5.02 Å². The molecule has 1 heterocycles. The third-order valence-electron chi connectivity index (χ3n) is 3.09. The molecule has 10 heteroatoms. The minimum Gasteiger partial charge on any atom is -0.403 e. The molecule has 0 fully saturated rings.